The van der Waals surface area contributed by atoms with Crippen molar-refractivity contribution >= 4 is 25.4 Å². The number of carbonyl (C=O) groups excluding carboxylic acids is 1. The molecule has 1 aromatic carbocycles. The molecule has 0 fully saturated rings. The lowest BCUT2D eigenvalue weighted by Gasteiger charge is -2.40. The second-order valence-corrected chi connectivity index (χ2v) is 12.8. The Bertz CT molecular complexity index is 844. The average molecular weight is 401 g/mol. The van der Waals surface area contributed by atoms with E-state index in [9.17, 15) is 22.4 Å². The van der Waals surface area contributed by atoms with Crippen molar-refractivity contribution in [2.24, 2.45) is 0 Å². The Balaban J connectivity index is 2.68. The minimum absolute atomic E-state index is 0.0587. The number of pyridine rings is 1. The molecule has 148 valence electrons. The monoisotopic (exact) mass is 401 g/mol. The number of nitrogens with zero attached hydrogens (tertiary/aromatic N) is 1. The smallest absolute Gasteiger partial charge is 0.391 e. The molecule has 0 saturated heterocycles. The minimum atomic E-state index is -4.50. The van der Waals surface area contributed by atoms with Gasteiger partial charge in [-0.25, -0.2) is 4.39 Å². The molecule has 0 radical (unpaired) electrons. The molecule has 1 unspecified atom stereocenters. The second-order valence-electron chi connectivity index (χ2n) is 8.09. The average Bonchev–Trinajstić information content (AvgIpc) is 2.51. The fourth-order valence-corrected chi connectivity index (χ4v) is 3.90. The molecule has 1 atom stereocenters. The molecule has 0 aliphatic heterocycles. The summed E-state index contributed by atoms with van der Waals surface area (Å²) in [4.78, 5) is 15.2. The van der Waals surface area contributed by atoms with Crippen molar-refractivity contribution < 1.29 is 26.8 Å². The summed E-state index contributed by atoms with van der Waals surface area (Å²) in [6, 6.07) is 2.39. The van der Waals surface area contributed by atoms with Gasteiger partial charge in [-0.1, -0.05) is 20.8 Å². The van der Waals surface area contributed by atoms with Crippen molar-refractivity contribution in [3.8, 4) is 0 Å². The van der Waals surface area contributed by atoms with E-state index in [1.54, 1.807) is 0 Å². The van der Waals surface area contributed by atoms with E-state index in [0.29, 0.717) is 6.29 Å². The number of rotatable bonds is 5. The number of hydrogen-bond acceptors (Lipinski definition) is 3. The normalized spacial score (nSPS) is 14.4. The van der Waals surface area contributed by atoms with Gasteiger partial charge in [0, 0.05) is 17.8 Å². The standard InChI is InChI=1S/C19H23F4NO2Si/c1-18(2,3)27(4,5)26-17(9-19(21,22)23)13-8-16(20)15(11-25)12-6-7-24-10-14(12)13/h6-8,10-11,17H,9H2,1-5H3. The molecule has 0 spiro atoms. The van der Waals surface area contributed by atoms with Crippen LogP contribution < -0.4 is 0 Å². The number of halogens is 4. The van der Waals surface area contributed by atoms with Crippen molar-refractivity contribution in [1.82, 2.24) is 4.98 Å². The SMILES string of the molecule is CC(C)(C)[Si](C)(C)OC(CC(F)(F)F)c1cc(F)c(C=O)c2ccncc12. The van der Waals surface area contributed by atoms with Gasteiger partial charge in [0.2, 0.25) is 0 Å². The molecule has 0 N–H and O–H groups in total. The minimum Gasteiger partial charge on any atom is -0.410 e. The highest BCUT2D eigenvalue weighted by molar-refractivity contribution is 6.74. The maximum atomic E-state index is 14.5. The van der Waals surface area contributed by atoms with E-state index in [4.69, 9.17) is 4.43 Å². The van der Waals surface area contributed by atoms with Crippen LogP contribution >= 0.6 is 0 Å². The van der Waals surface area contributed by atoms with Crippen molar-refractivity contribution in [2.75, 3.05) is 0 Å². The molecule has 3 nitrogen and oxygen atoms in total. The van der Waals surface area contributed by atoms with Gasteiger partial charge in [-0.05, 0) is 41.2 Å². The van der Waals surface area contributed by atoms with Crippen LogP contribution in [0.15, 0.2) is 24.5 Å². The van der Waals surface area contributed by atoms with E-state index >= 15 is 0 Å². The van der Waals surface area contributed by atoms with Gasteiger partial charge in [0.25, 0.3) is 0 Å². The van der Waals surface area contributed by atoms with E-state index in [-0.39, 0.29) is 26.9 Å². The first-order chi connectivity index (χ1) is 12.3. The molecule has 1 aromatic heterocycles. The Morgan fingerprint density at radius 2 is 1.85 bits per heavy atom. The summed E-state index contributed by atoms with van der Waals surface area (Å²) < 4.78 is 60.3. The molecule has 0 bridgehead atoms. The molecule has 27 heavy (non-hydrogen) atoms. The van der Waals surface area contributed by atoms with Crippen LogP contribution in [-0.4, -0.2) is 25.8 Å². The topological polar surface area (TPSA) is 39.2 Å². The molecule has 0 aliphatic carbocycles. The maximum absolute atomic E-state index is 14.5. The van der Waals surface area contributed by atoms with Crippen molar-refractivity contribution in [1.29, 1.82) is 0 Å². The van der Waals surface area contributed by atoms with E-state index < -0.39 is 32.8 Å². The summed E-state index contributed by atoms with van der Waals surface area (Å²) in [5.74, 6) is -0.871. The largest absolute Gasteiger partial charge is 0.410 e. The van der Waals surface area contributed by atoms with Gasteiger partial charge in [0.05, 0.1) is 18.1 Å². The quantitative estimate of drug-likeness (QED) is 0.340. The molecule has 0 amide bonds. The number of alkyl halides is 3. The Hall–Kier alpha value is -1.80. The summed E-state index contributed by atoms with van der Waals surface area (Å²) in [5, 5.41) is 0.182. The lowest BCUT2D eigenvalue weighted by molar-refractivity contribution is -0.152. The molecule has 1 heterocycles. The van der Waals surface area contributed by atoms with Crippen LogP contribution in [0.3, 0.4) is 0 Å². The van der Waals surface area contributed by atoms with Crippen molar-refractivity contribution in [3.05, 3.63) is 41.5 Å². The highest BCUT2D eigenvalue weighted by atomic mass is 28.4. The molecule has 8 heteroatoms. The number of carbonyl (C=O) groups is 1. The summed E-state index contributed by atoms with van der Waals surface area (Å²) in [5.41, 5.74) is -0.141. The number of aromatic nitrogens is 1. The van der Waals surface area contributed by atoms with E-state index in [0.717, 1.165) is 6.07 Å². The fourth-order valence-electron chi connectivity index (χ4n) is 2.62. The van der Waals surface area contributed by atoms with Gasteiger partial charge in [0.1, 0.15) is 5.82 Å². The summed E-state index contributed by atoms with van der Waals surface area (Å²) in [7, 11) is -2.59. The van der Waals surface area contributed by atoms with Crippen LogP contribution in [0.2, 0.25) is 18.1 Å². The molecule has 2 aromatic rings. The highest BCUT2D eigenvalue weighted by Gasteiger charge is 2.43. The maximum Gasteiger partial charge on any atom is 0.391 e. The predicted octanol–water partition coefficient (Wildman–Crippen LogP) is 6.20. The highest BCUT2D eigenvalue weighted by Crippen LogP contribution is 2.44. The first kappa shape index (κ1) is 21.5. The lowest BCUT2D eigenvalue weighted by atomic mass is 9.96. The zero-order valence-corrected chi connectivity index (χ0v) is 16.9. The second kappa shape index (κ2) is 7.31. The summed E-state index contributed by atoms with van der Waals surface area (Å²) >= 11 is 0. The number of benzene rings is 1. The van der Waals surface area contributed by atoms with Gasteiger partial charge < -0.3 is 4.43 Å². The first-order valence-electron chi connectivity index (χ1n) is 8.53. The zero-order chi connectivity index (χ0) is 20.6. The van der Waals surface area contributed by atoms with E-state index in [2.05, 4.69) is 4.98 Å². The van der Waals surface area contributed by atoms with Gasteiger partial charge in [-0.3, -0.25) is 9.78 Å². The predicted molar refractivity (Wildman–Crippen MR) is 98.8 cm³/mol. The number of hydrogen-bond donors (Lipinski definition) is 0. The molecule has 0 saturated carbocycles. The Morgan fingerprint density at radius 1 is 1.22 bits per heavy atom. The lowest BCUT2D eigenvalue weighted by Crippen LogP contribution is -2.42. The van der Waals surface area contributed by atoms with Crippen molar-refractivity contribution in [3.63, 3.8) is 0 Å². The Kier molecular flexibility index (Phi) is 5.82. The van der Waals surface area contributed by atoms with Crippen LogP contribution in [0.4, 0.5) is 17.6 Å². The zero-order valence-electron chi connectivity index (χ0n) is 15.9. The van der Waals surface area contributed by atoms with Gasteiger partial charge >= 0.3 is 6.18 Å². The van der Waals surface area contributed by atoms with E-state index in [1.807, 2.05) is 33.9 Å². The Morgan fingerprint density at radius 3 is 2.37 bits per heavy atom. The van der Waals surface area contributed by atoms with E-state index in [1.165, 1.54) is 18.5 Å². The molecular weight excluding hydrogens is 378 g/mol. The van der Waals surface area contributed by atoms with Crippen LogP contribution in [0.1, 0.15) is 49.2 Å². The first-order valence-corrected chi connectivity index (χ1v) is 11.4. The number of fused-ring (bicyclic) bond motifs is 1. The number of aldehydes is 1. The Labute approximate surface area is 156 Å². The van der Waals surface area contributed by atoms with Crippen LogP contribution in [0.25, 0.3) is 10.8 Å². The molecular formula is C19H23F4NO2Si. The van der Waals surface area contributed by atoms with Crippen LogP contribution in [0.5, 0.6) is 0 Å². The van der Waals surface area contributed by atoms with Gasteiger partial charge in [0.15, 0.2) is 14.6 Å². The van der Waals surface area contributed by atoms with Gasteiger partial charge in [-0.15, -0.1) is 0 Å². The molecule has 0 aliphatic rings. The van der Waals surface area contributed by atoms with Crippen molar-refractivity contribution in [2.45, 2.75) is 57.6 Å². The summed E-state index contributed by atoms with van der Waals surface area (Å²) in [6.07, 6.45) is -4.06. The van der Waals surface area contributed by atoms with Gasteiger partial charge in [-0.2, -0.15) is 13.2 Å². The summed E-state index contributed by atoms with van der Waals surface area (Å²) in [6.45, 7) is 9.43. The van der Waals surface area contributed by atoms with Crippen LogP contribution in [0, 0.1) is 5.82 Å². The van der Waals surface area contributed by atoms with Crippen LogP contribution in [-0.2, 0) is 4.43 Å². The third-order valence-electron chi connectivity index (χ3n) is 5.09. The third kappa shape index (κ3) is 4.73. The fraction of sp³-hybridized carbons (Fsp3) is 0.474. The third-order valence-corrected chi connectivity index (χ3v) is 9.57. The molecule has 2 rings (SSSR count).